The fourth-order valence-electron chi connectivity index (χ4n) is 1.76. The van der Waals surface area contributed by atoms with E-state index in [1.54, 1.807) is 0 Å². The lowest BCUT2D eigenvalue weighted by molar-refractivity contribution is -0.148. The fourth-order valence-corrected chi connectivity index (χ4v) is 1.92. The highest BCUT2D eigenvalue weighted by atomic mass is 35.5. The third-order valence-corrected chi connectivity index (χ3v) is 3.14. The molecule has 88 valence electrons. The highest BCUT2D eigenvalue weighted by molar-refractivity contribution is 6.18. The molecular formula is C12H21ClO2. The Hall–Kier alpha value is -0.0500. The zero-order chi connectivity index (χ0) is 11.3. The van der Waals surface area contributed by atoms with E-state index in [9.17, 15) is 0 Å². The second-order valence-electron chi connectivity index (χ2n) is 4.08. The van der Waals surface area contributed by atoms with Gasteiger partial charge in [-0.3, -0.25) is 0 Å². The fraction of sp³-hybridized carbons (Fsp3) is 0.833. The Morgan fingerprint density at radius 1 is 1.47 bits per heavy atom. The average molecular weight is 233 g/mol. The van der Waals surface area contributed by atoms with E-state index in [4.69, 9.17) is 21.1 Å². The third-order valence-electron chi connectivity index (χ3n) is 2.89. The standard InChI is InChI=1S/C12H21ClO2/c1-4-7-14-12(8-13)15-11-6-5-9(2)10(11)3/h11-12H,4-8H2,1-3H3. The third kappa shape index (κ3) is 3.78. The molecule has 0 spiro atoms. The van der Waals surface area contributed by atoms with E-state index in [1.807, 2.05) is 0 Å². The lowest BCUT2D eigenvalue weighted by atomic mass is 10.2. The van der Waals surface area contributed by atoms with Crippen molar-refractivity contribution in [1.29, 1.82) is 0 Å². The topological polar surface area (TPSA) is 18.5 Å². The van der Waals surface area contributed by atoms with Crippen molar-refractivity contribution >= 4 is 11.6 Å². The highest BCUT2D eigenvalue weighted by Crippen LogP contribution is 2.29. The van der Waals surface area contributed by atoms with Gasteiger partial charge in [0.05, 0.1) is 12.0 Å². The minimum atomic E-state index is -0.252. The van der Waals surface area contributed by atoms with E-state index in [0.29, 0.717) is 12.5 Å². The van der Waals surface area contributed by atoms with Crippen LogP contribution in [0, 0.1) is 0 Å². The Kier molecular flexibility index (Phi) is 5.65. The maximum Gasteiger partial charge on any atom is 0.171 e. The number of rotatable bonds is 6. The summed E-state index contributed by atoms with van der Waals surface area (Å²) in [4.78, 5) is 0. The van der Waals surface area contributed by atoms with Crippen LogP contribution >= 0.6 is 11.6 Å². The van der Waals surface area contributed by atoms with Gasteiger partial charge in [0.2, 0.25) is 0 Å². The molecule has 0 heterocycles. The van der Waals surface area contributed by atoms with Crippen LogP contribution in [0.2, 0.25) is 0 Å². The first-order valence-electron chi connectivity index (χ1n) is 5.68. The van der Waals surface area contributed by atoms with Crippen LogP contribution in [0.1, 0.15) is 40.0 Å². The Morgan fingerprint density at radius 2 is 2.20 bits per heavy atom. The molecule has 0 aromatic heterocycles. The minimum absolute atomic E-state index is 0.214. The van der Waals surface area contributed by atoms with Gasteiger partial charge in [0.1, 0.15) is 0 Å². The molecular weight excluding hydrogens is 212 g/mol. The van der Waals surface area contributed by atoms with Gasteiger partial charge >= 0.3 is 0 Å². The summed E-state index contributed by atoms with van der Waals surface area (Å²) in [7, 11) is 0. The maximum absolute atomic E-state index is 5.83. The van der Waals surface area contributed by atoms with Gasteiger partial charge in [0.25, 0.3) is 0 Å². The molecule has 0 N–H and O–H groups in total. The summed E-state index contributed by atoms with van der Waals surface area (Å²) in [6.07, 6.45) is 3.16. The molecule has 0 aliphatic heterocycles. The molecule has 0 aromatic carbocycles. The van der Waals surface area contributed by atoms with Crippen molar-refractivity contribution in [3.05, 3.63) is 11.1 Å². The first kappa shape index (κ1) is 13.0. The van der Waals surface area contributed by atoms with Crippen LogP contribution in [-0.2, 0) is 9.47 Å². The van der Waals surface area contributed by atoms with Crippen molar-refractivity contribution in [3.63, 3.8) is 0 Å². The summed E-state index contributed by atoms with van der Waals surface area (Å²) in [6.45, 7) is 7.10. The van der Waals surface area contributed by atoms with Crippen LogP contribution in [-0.4, -0.2) is 24.9 Å². The zero-order valence-electron chi connectivity index (χ0n) is 9.88. The van der Waals surface area contributed by atoms with Crippen LogP contribution in [0.15, 0.2) is 11.1 Å². The van der Waals surface area contributed by atoms with Crippen molar-refractivity contribution in [2.75, 3.05) is 12.5 Å². The van der Waals surface area contributed by atoms with Gasteiger partial charge in [0.15, 0.2) is 6.29 Å². The summed E-state index contributed by atoms with van der Waals surface area (Å²) < 4.78 is 11.3. The van der Waals surface area contributed by atoms with Crippen molar-refractivity contribution in [2.45, 2.75) is 52.4 Å². The van der Waals surface area contributed by atoms with E-state index < -0.39 is 0 Å². The lowest BCUT2D eigenvalue weighted by Gasteiger charge is -2.21. The first-order chi connectivity index (χ1) is 7.19. The van der Waals surface area contributed by atoms with Crippen LogP contribution in [0.5, 0.6) is 0 Å². The molecule has 15 heavy (non-hydrogen) atoms. The Bertz CT molecular complexity index is 226. The zero-order valence-corrected chi connectivity index (χ0v) is 10.6. The predicted octanol–water partition coefficient (Wildman–Crippen LogP) is 3.49. The summed E-state index contributed by atoms with van der Waals surface area (Å²) in [5.41, 5.74) is 2.80. The SMILES string of the molecule is CCCOC(CCl)OC1CCC(C)=C1C. The molecule has 1 aliphatic rings. The average Bonchev–Trinajstić information content (AvgIpc) is 2.55. The molecule has 1 rings (SSSR count). The van der Waals surface area contributed by atoms with E-state index >= 15 is 0 Å². The van der Waals surface area contributed by atoms with Gasteiger partial charge in [-0.15, -0.1) is 11.6 Å². The van der Waals surface area contributed by atoms with Gasteiger partial charge < -0.3 is 9.47 Å². The molecule has 0 saturated heterocycles. The second-order valence-corrected chi connectivity index (χ2v) is 4.39. The van der Waals surface area contributed by atoms with Crippen LogP contribution < -0.4 is 0 Å². The summed E-state index contributed by atoms with van der Waals surface area (Å²) in [6, 6.07) is 0. The highest BCUT2D eigenvalue weighted by Gasteiger charge is 2.23. The van der Waals surface area contributed by atoms with Gasteiger partial charge in [-0.05, 0) is 38.7 Å². The minimum Gasteiger partial charge on any atom is -0.351 e. The number of halogens is 1. The Balaban J connectivity index is 2.39. The molecule has 2 atom stereocenters. The predicted molar refractivity (Wildman–Crippen MR) is 63.2 cm³/mol. The Morgan fingerprint density at radius 3 is 2.67 bits per heavy atom. The molecule has 0 aromatic rings. The summed E-state index contributed by atoms with van der Waals surface area (Å²) in [5, 5.41) is 0. The van der Waals surface area contributed by atoms with E-state index in [-0.39, 0.29) is 12.4 Å². The molecule has 1 aliphatic carbocycles. The number of ether oxygens (including phenoxy) is 2. The largest absolute Gasteiger partial charge is 0.351 e. The normalized spacial score (nSPS) is 23.6. The molecule has 0 radical (unpaired) electrons. The van der Waals surface area contributed by atoms with E-state index in [1.165, 1.54) is 11.1 Å². The first-order valence-corrected chi connectivity index (χ1v) is 6.21. The Labute approximate surface area is 97.6 Å². The lowest BCUT2D eigenvalue weighted by Crippen LogP contribution is -2.26. The van der Waals surface area contributed by atoms with Gasteiger partial charge in [-0.1, -0.05) is 12.5 Å². The molecule has 0 fully saturated rings. The van der Waals surface area contributed by atoms with Crippen molar-refractivity contribution < 1.29 is 9.47 Å². The van der Waals surface area contributed by atoms with Gasteiger partial charge in [-0.25, -0.2) is 0 Å². The molecule has 2 nitrogen and oxygen atoms in total. The number of alkyl halides is 1. The summed E-state index contributed by atoms with van der Waals surface area (Å²) in [5.74, 6) is 0.406. The van der Waals surface area contributed by atoms with Crippen molar-refractivity contribution in [2.24, 2.45) is 0 Å². The smallest absolute Gasteiger partial charge is 0.171 e. The maximum atomic E-state index is 5.83. The quantitative estimate of drug-likeness (QED) is 0.397. The molecule has 0 saturated carbocycles. The molecule has 0 bridgehead atoms. The number of hydrogen-bond acceptors (Lipinski definition) is 2. The van der Waals surface area contributed by atoms with Crippen LogP contribution in [0.25, 0.3) is 0 Å². The van der Waals surface area contributed by atoms with Gasteiger partial charge in [0, 0.05) is 6.61 Å². The molecule has 0 amide bonds. The van der Waals surface area contributed by atoms with Crippen molar-refractivity contribution in [3.8, 4) is 0 Å². The number of allylic oxidation sites excluding steroid dienone is 1. The van der Waals surface area contributed by atoms with E-state index in [0.717, 1.165) is 19.3 Å². The molecule has 3 heteroatoms. The number of hydrogen-bond donors (Lipinski definition) is 0. The van der Waals surface area contributed by atoms with Gasteiger partial charge in [-0.2, -0.15) is 0 Å². The second kappa shape index (κ2) is 6.51. The van der Waals surface area contributed by atoms with Crippen LogP contribution in [0.4, 0.5) is 0 Å². The monoisotopic (exact) mass is 232 g/mol. The molecule has 2 unspecified atom stereocenters. The van der Waals surface area contributed by atoms with Crippen molar-refractivity contribution in [1.82, 2.24) is 0 Å². The summed E-state index contributed by atoms with van der Waals surface area (Å²) >= 11 is 5.80. The van der Waals surface area contributed by atoms with Crippen LogP contribution in [0.3, 0.4) is 0 Å². The van der Waals surface area contributed by atoms with E-state index in [2.05, 4.69) is 20.8 Å².